The zero-order valence-electron chi connectivity index (χ0n) is 17.2. The molecule has 0 aliphatic rings. The van der Waals surface area contributed by atoms with Gasteiger partial charge in [-0.05, 0) is 50.2 Å². The van der Waals surface area contributed by atoms with Gasteiger partial charge in [0, 0.05) is 24.3 Å². The number of anilines is 1. The van der Waals surface area contributed by atoms with E-state index >= 15 is 0 Å². The molecule has 0 bridgehead atoms. The number of amides is 2. The second kappa shape index (κ2) is 9.67. The molecule has 29 heavy (non-hydrogen) atoms. The predicted octanol–water partition coefficient (Wildman–Crippen LogP) is 2.70. The number of hydrogen-bond acceptors (Lipinski definition) is 4. The van der Waals surface area contributed by atoms with E-state index in [0.29, 0.717) is 24.3 Å². The molecule has 7 nitrogen and oxygen atoms in total. The molecule has 0 atom stereocenters. The summed E-state index contributed by atoms with van der Waals surface area (Å²) in [6.07, 6.45) is 0. The van der Waals surface area contributed by atoms with Gasteiger partial charge in [-0.15, -0.1) is 0 Å². The summed E-state index contributed by atoms with van der Waals surface area (Å²) in [5, 5.41) is 5.23. The van der Waals surface area contributed by atoms with Gasteiger partial charge in [-0.3, -0.25) is 9.59 Å². The van der Waals surface area contributed by atoms with Crippen molar-refractivity contribution in [3.05, 3.63) is 59.2 Å². The Bertz CT molecular complexity index is 961. The van der Waals surface area contributed by atoms with E-state index in [1.54, 1.807) is 26.0 Å². The molecule has 0 saturated heterocycles. The molecule has 2 aromatic carbocycles. The first kappa shape index (κ1) is 22.6. The lowest BCUT2D eigenvalue weighted by Crippen LogP contribution is -2.33. The molecule has 156 valence electrons. The Labute approximate surface area is 172 Å². The second-order valence-electron chi connectivity index (χ2n) is 6.72. The normalized spacial score (nSPS) is 11.3. The molecule has 0 aromatic heterocycles. The third-order valence-corrected chi connectivity index (χ3v) is 6.44. The van der Waals surface area contributed by atoms with Gasteiger partial charge >= 0.3 is 0 Å². The van der Waals surface area contributed by atoms with Crippen molar-refractivity contribution in [1.82, 2.24) is 9.62 Å². The minimum absolute atomic E-state index is 0.169. The fourth-order valence-corrected chi connectivity index (χ4v) is 4.45. The van der Waals surface area contributed by atoms with Crippen LogP contribution in [-0.4, -0.2) is 44.2 Å². The molecule has 0 fully saturated rings. The molecular formula is C21H27N3O4S. The SMILES string of the molecule is CCN(CC)S(=O)(=O)c1ccc(NC(=O)CNC(=O)c2cc(C)cc(C)c2)cc1. The lowest BCUT2D eigenvalue weighted by Gasteiger charge is -2.18. The van der Waals surface area contributed by atoms with Crippen molar-refractivity contribution < 1.29 is 18.0 Å². The van der Waals surface area contributed by atoms with Crippen LogP contribution >= 0.6 is 0 Å². The van der Waals surface area contributed by atoms with E-state index in [-0.39, 0.29) is 17.3 Å². The van der Waals surface area contributed by atoms with Crippen LogP contribution in [0.1, 0.15) is 35.3 Å². The average molecular weight is 418 g/mol. The standard InChI is InChI=1S/C21H27N3O4S/c1-5-24(6-2)29(27,28)19-9-7-18(8-10-19)23-20(25)14-22-21(26)17-12-15(3)11-16(4)13-17/h7-13H,5-6,14H2,1-4H3,(H,22,26)(H,23,25). The molecule has 2 N–H and O–H groups in total. The third kappa shape index (κ3) is 5.88. The number of carbonyl (C=O) groups excluding carboxylic acids is 2. The monoisotopic (exact) mass is 417 g/mol. The van der Waals surface area contributed by atoms with Gasteiger partial charge in [-0.2, -0.15) is 4.31 Å². The molecule has 8 heteroatoms. The van der Waals surface area contributed by atoms with E-state index in [4.69, 9.17) is 0 Å². The number of carbonyl (C=O) groups is 2. The van der Waals surface area contributed by atoms with Crippen molar-refractivity contribution in [3.8, 4) is 0 Å². The van der Waals surface area contributed by atoms with Crippen LogP contribution in [0.25, 0.3) is 0 Å². The second-order valence-corrected chi connectivity index (χ2v) is 8.66. The summed E-state index contributed by atoms with van der Waals surface area (Å²) in [5.41, 5.74) is 2.90. The smallest absolute Gasteiger partial charge is 0.251 e. The minimum atomic E-state index is -3.54. The highest BCUT2D eigenvalue weighted by Crippen LogP contribution is 2.18. The topological polar surface area (TPSA) is 95.6 Å². The van der Waals surface area contributed by atoms with Gasteiger partial charge < -0.3 is 10.6 Å². The summed E-state index contributed by atoms with van der Waals surface area (Å²) in [6.45, 7) is 7.95. The fourth-order valence-electron chi connectivity index (χ4n) is 3.00. The molecule has 0 saturated carbocycles. The maximum atomic E-state index is 12.5. The number of nitrogens with zero attached hydrogens (tertiary/aromatic N) is 1. The highest BCUT2D eigenvalue weighted by atomic mass is 32.2. The predicted molar refractivity (Wildman–Crippen MR) is 113 cm³/mol. The van der Waals surface area contributed by atoms with Gasteiger partial charge in [0.05, 0.1) is 11.4 Å². The zero-order chi connectivity index (χ0) is 21.6. The van der Waals surface area contributed by atoms with E-state index in [1.165, 1.54) is 28.6 Å². The van der Waals surface area contributed by atoms with Gasteiger partial charge in [0.25, 0.3) is 5.91 Å². The number of rotatable bonds is 8. The number of hydrogen-bond donors (Lipinski definition) is 2. The summed E-state index contributed by atoms with van der Waals surface area (Å²) in [7, 11) is -3.54. The first-order chi connectivity index (χ1) is 13.7. The largest absolute Gasteiger partial charge is 0.343 e. The Hall–Kier alpha value is -2.71. The number of nitrogens with one attached hydrogen (secondary N) is 2. The van der Waals surface area contributed by atoms with Crippen LogP contribution in [0, 0.1) is 13.8 Å². The summed E-state index contributed by atoms with van der Waals surface area (Å²) in [5.74, 6) is -0.727. The molecule has 0 unspecified atom stereocenters. The first-order valence-corrected chi connectivity index (χ1v) is 10.9. The van der Waals surface area contributed by atoms with Crippen molar-refractivity contribution in [2.45, 2.75) is 32.6 Å². The number of aryl methyl sites for hydroxylation is 2. The van der Waals surface area contributed by atoms with Crippen LogP contribution in [0.3, 0.4) is 0 Å². The van der Waals surface area contributed by atoms with E-state index in [9.17, 15) is 18.0 Å². The van der Waals surface area contributed by atoms with Crippen molar-refractivity contribution in [2.24, 2.45) is 0 Å². The van der Waals surface area contributed by atoms with Gasteiger partial charge in [0.2, 0.25) is 15.9 Å². The van der Waals surface area contributed by atoms with Crippen molar-refractivity contribution >= 4 is 27.5 Å². The van der Waals surface area contributed by atoms with Crippen LogP contribution in [0.5, 0.6) is 0 Å². The van der Waals surface area contributed by atoms with Crippen molar-refractivity contribution in [3.63, 3.8) is 0 Å². The van der Waals surface area contributed by atoms with E-state index in [1.807, 2.05) is 19.9 Å². The number of sulfonamides is 1. The van der Waals surface area contributed by atoms with Crippen LogP contribution in [-0.2, 0) is 14.8 Å². The first-order valence-electron chi connectivity index (χ1n) is 9.44. The Balaban J connectivity index is 1.96. The summed E-state index contributed by atoms with van der Waals surface area (Å²) in [6, 6.07) is 11.5. The van der Waals surface area contributed by atoms with Gasteiger partial charge in [-0.1, -0.05) is 31.0 Å². The molecule has 2 rings (SSSR count). The van der Waals surface area contributed by atoms with Crippen LogP contribution in [0.2, 0.25) is 0 Å². The van der Waals surface area contributed by atoms with E-state index < -0.39 is 15.9 Å². The molecule has 0 heterocycles. The lowest BCUT2D eigenvalue weighted by atomic mass is 10.1. The lowest BCUT2D eigenvalue weighted by molar-refractivity contribution is -0.115. The van der Waals surface area contributed by atoms with Crippen LogP contribution in [0.4, 0.5) is 5.69 Å². The highest BCUT2D eigenvalue weighted by molar-refractivity contribution is 7.89. The molecule has 2 amide bonds. The van der Waals surface area contributed by atoms with Gasteiger partial charge in [0.15, 0.2) is 0 Å². The Morgan fingerprint density at radius 2 is 1.48 bits per heavy atom. The molecular weight excluding hydrogens is 390 g/mol. The van der Waals surface area contributed by atoms with Crippen LogP contribution in [0.15, 0.2) is 47.4 Å². The maximum Gasteiger partial charge on any atom is 0.251 e. The number of benzene rings is 2. The van der Waals surface area contributed by atoms with E-state index in [2.05, 4.69) is 10.6 Å². The molecule has 2 aromatic rings. The van der Waals surface area contributed by atoms with E-state index in [0.717, 1.165) is 11.1 Å². The molecule has 0 aliphatic carbocycles. The van der Waals surface area contributed by atoms with Crippen LogP contribution < -0.4 is 10.6 Å². The Kier molecular flexibility index (Phi) is 7.53. The molecule has 0 aliphatic heterocycles. The zero-order valence-corrected chi connectivity index (χ0v) is 18.0. The fraction of sp³-hybridized carbons (Fsp3) is 0.333. The Morgan fingerprint density at radius 3 is 2.00 bits per heavy atom. The van der Waals surface area contributed by atoms with Crippen molar-refractivity contribution in [2.75, 3.05) is 25.0 Å². The average Bonchev–Trinajstić information content (AvgIpc) is 2.66. The molecule has 0 spiro atoms. The highest BCUT2D eigenvalue weighted by Gasteiger charge is 2.21. The summed E-state index contributed by atoms with van der Waals surface area (Å²) >= 11 is 0. The molecule has 0 radical (unpaired) electrons. The van der Waals surface area contributed by atoms with Crippen molar-refractivity contribution in [1.29, 1.82) is 0 Å². The maximum absolute atomic E-state index is 12.5. The summed E-state index contributed by atoms with van der Waals surface area (Å²) in [4.78, 5) is 24.5. The summed E-state index contributed by atoms with van der Waals surface area (Å²) < 4.78 is 26.3. The van der Waals surface area contributed by atoms with Gasteiger partial charge in [-0.25, -0.2) is 8.42 Å². The third-order valence-electron chi connectivity index (χ3n) is 4.37. The quantitative estimate of drug-likeness (QED) is 0.690. The van der Waals surface area contributed by atoms with Gasteiger partial charge in [0.1, 0.15) is 0 Å². The Morgan fingerprint density at radius 1 is 0.931 bits per heavy atom. The minimum Gasteiger partial charge on any atom is -0.343 e.